The van der Waals surface area contributed by atoms with E-state index in [1.54, 1.807) is 25.3 Å². The second-order valence-corrected chi connectivity index (χ2v) is 8.80. The van der Waals surface area contributed by atoms with Crippen molar-refractivity contribution in [2.24, 2.45) is 0 Å². The first-order chi connectivity index (χ1) is 16.4. The van der Waals surface area contributed by atoms with Crippen molar-refractivity contribution in [3.63, 3.8) is 0 Å². The predicted octanol–water partition coefficient (Wildman–Crippen LogP) is 3.25. The first kappa shape index (κ1) is 23.9. The fraction of sp³-hybridized carbons (Fsp3) is 0.423. The van der Waals surface area contributed by atoms with Crippen LogP contribution < -0.4 is 9.47 Å². The van der Waals surface area contributed by atoms with Gasteiger partial charge in [0.2, 0.25) is 5.91 Å². The monoisotopic (exact) mass is 465 g/mol. The maximum Gasteiger partial charge on any atom is 0.228 e. The number of piperidine rings is 1. The van der Waals surface area contributed by atoms with Gasteiger partial charge in [0.15, 0.2) is 0 Å². The number of likely N-dealkylation sites (tertiary alicyclic amines) is 1. The molecule has 1 aliphatic heterocycles. The largest absolute Gasteiger partial charge is 0.494 e. The highest BCUT2D eigenvalue weighted by Crippen LogP contribution is 2.33. The molecule has 8 heteroatoms. The summed E-state index contributed by atoms with van der Waals surface area (Å²) in [4.78, 5) is 24.0. The number of aliphatic hydroxyl groups is 1. The lowest BCUT2D eigenvalue weighted by Crippen LogP contribution is -2.45. The van der Waals surface area contributed by atoms with Crippen molar-refractivity contribution in [2.75, 3.05) is 40.5 Å². The van der Waals surface area contributed by atoms with Crippen LogP contribution in [-0.4, -0.2) is 72.0 Å². The minimum atomic E-state index is -0.699. The molecule has 1 amide bonds. The molecule has 1 saturated heterocycles. The SMILES string of the molecule is COCCOc1cccc(-c2ccc(OC)c3nc(CC(=O)N4CCC(C)(O)CC4)cnc23)c1. The maximum absolute atomic E-state index is 12.8. The number of carbonyl (C=O) groups is 1. The van der Waals surface area contributed by atoms with Crippen LogP contribution in [0.4, 0.5) is 0 Å². The first-order valence-corrected chi connectivity index (χ1v) is 11.4. The number of ether oxygens (including phenoxy) is 3. The molecule has 0 unspecified atom stereocenters. The average molecular weight is 466 g/mol. The Morgan fingerprint density at radius 3 is 2.65 bits per heavy atom. The molecule has 0 bridgehead atoms. The molecular formula is C26H31N3O5. The number of fused-ring (bicyclic) bond motifs is 1. The summed E-state index contributed by atoms with van der Waals surface area (Å²) in [5, 5.41) is 10.1. The molecule has 0 atom stereocenters. The van der Waals surface area contributed by atoms with Crippen molar-refractivity contribution >= 4 is 16.9 Å². The highest BCUT2D eigenvalue weighted by atomic mass is 16.5. The summed E-state index contributed by atoms with van der Waals surface area (Å²) in [6, 6.07) is 11.6. The lowest BCUT2D eigenvalue weighted by molar-refractivity contribution is -0.134. The lowest BCUT2D eigenvalue weighted by atomic mass is 9.93. The summed E-state index contributed by atoms with van der Waals surface area (Å²) in [5.41, 5.74) is 3.03. The van der Waals surface area contributed by atoms with Crippen LogP contribution in [0.5, 0.6) is 11.5 Å². The van der Waals surface area contributed by atoms with Crippen LogP contribution in [0.3, 0.4) is 0 Å². The fourth-order valence-electron chi connectivity index (χ4n) is 4.10. The number of benzene rings is 2. The Hall–Kier alpha value is -3.23. The number of rotatable bonds is 8. The van der Waals surface area contributed by atoms with E-state index in [0.29, 0.717) is 61.6 Å². The van der Waals surface area contributed by atoms with Gasteiger partial charge in [-0.05, 0) is 49.6 Å². The molecule has 1 fully saturated rings. The van der Waals surface area contributed by atoms with Crippen LogP contribution in [0.15, 0.2) is 42.6 Å². The molecule has 4 rings (SSSR count). The van der Waals surface area contributed by atoms with Gasteiger partial charge < -0.3 is 24.2 Å². The van der Waals surface area contributed by atoms with Crippen LogP contribution in [0.2, 0.25) is 0 Å². The first-order valence-electron chi connectivity index (χ1n) is 11.4. The van der Waals surface area contributed by atoms with Gasteiger partial charge in [-0.15, -0.1) is 0 Å². The minimum absolute atomic E-state index is 0.0137. The second-order valence-electron chi connectivity index (χ2n) is 8.80. The topological polar surface area (TPSA) is 94.0 Å². The summed E-state index contributed by atoms with van der Waals surface area (Å²) in [6.45, 7) is 3.88. The van der Waals surface area contributed by atoms with Crippen molar-refractivity contribution in [3.8, 4) is 22.6 Å². The van der Waals surface area contributed by atoms with Gasteiger partial charge in [-0.25, -0.2) is 4.98 Å². The molecular weight excluding hydrogens is 434 g/mol. The van der Waals surface area contributed by atoms with E-state index < -0.39 is 5.60 Å². The zero-order valence-electron chi connectivity index (χ0n) is 19.9. The highest BCUT2D eigenvalue weighted by molar-refractivity contribution is 5.95. The van der Waals surface area contributed by atoms with E-state index in [4.69, 9.17) is 19.2 Å². The lowest BCUT2D eigenvalue weighted by Gasteiger charge is -2.35. The molecule has 3 aromatic rings. The van der Waals surface area contributed by atoms with E-state index in [9.17, 15) is 9.90 Å². The van der Waals surface area contributed by atoms with Crippen LogP contribution in [0.25, 0.3) is 22.2 Å². The van der Waals surface area contributed by atoms with Gasteiger partial charge in [0.25, 0.3) is 0 Å². The van der Waals surface area contributed by atoms with Crippen molar-refractivity contribution in [1.29, 1.82) is 0 Å². The van der Waals surface area contributed by atoms with Gasteiger partial charge in [-0.1, -0.05) is 12.1 Å². The molecule has 2 aromatic carbocycles. The van der Waals surface area contributed by atoms with Gasteiger partial charge in [0.1, 0.15) is 29.1 Å². The maximum atomic E-state index is 12.8. The number of hydrogen-bond donors (Lipinski definition) is 1. The zero-order valence-corrected chi connectivity index (χ0v) is 19.9. The number of methoxy groups -OCH3 is 2. The molecule has 0 aliphatic carbocycles. The predicted molar refractivity (Wildman–Crippen MR) is 129 cm³/mol. The molecule has 1 N–H and O–H groups in total. The van der Waals surface area contributed by atoms with Gasteiger partial charge in [0.05, 0.1) is 31.4 Å². The van der Waals surface area contributed by atoms with E-state index in [1.165, 1.54) is 0 Å². The normalized spacial score (nSPS) is 15.4. The Morgan fingerprint density at radius 2 is 1.91 bits per heavy atom. The van der Waals surface area contributed by atoms with Crippen molar-refractivity contribution in [1.82, 2.24) is 14.9 Å². The van der Waals surface area contributed by atoms with Gasteiger partial charge in [0, 0.05) is 32.0 Å². The summed E-state index contributed by atoms with van der Waals surface area (Å²) in [5.74, 6) is 1.33. The Labute approximate surface area is 199 Å². The van der Waals surface area contributed by atoms with E-state index in [2.05, 4.69) is 4.98 Å². The molecule has 0 saturated carbocycles. The van der Waals surface area contributed by atoms with Crippen LogP contribution in [0, 0.1) is 0 Å². The molecule has 34 heavy (non-hydrogen) atoms. The van der Waals surface area contributed by atoms with E-state index in [0.717, 1.165) is 16.9 Å². The van der Waals surface area contributed by atoms with Crippen molar-refractivity contribution in [2.45, 2.75) is 31.8 Å². The van der Waals surface area contributed by atoms with Gasteiger partial charge in [-0.2, -0.15) is 0 Å². The Bertz CT molecular complexity index is 1150. The third kappa shape index (κ3) is 5.46. The number of aromatic nitrogens is 2. The molecule has 0 spiro atoms. The van der Waals surface area contributed by atoms with Crippen molar-refractivity contribution < 1.29 is 24.1 Å². The Morgan fingerprint density at radius 1 is 1.12 bits per heavy atom. The van der Waals surface area contributed by atoms with Crippen LogP contribution in [-0.2, 0) is 16.0 Å². The quantitative estimate of drug-likeness (QED) is 0.511. The van der Waals surface area contributed by atoms with E-state index >= 15 is 0 Å². The van der Waals surface area contributed by atoms with Crippen LogP contribution in [0.1, 0.15) is 25.5 Å². The number of amides is 1. The zero-order chi connectivity index (χ0) is 24.1. The van der Waals surface area contributed by atoms with Gasteiger partial charge in [-0.3, -0.25) is 9.78 Å². The summed E-state index contributed by atoms with van der Waals surface area (Å²) >= 11 is 0. The average Bonchev–Trinajstić information content (AvgIpc) is 2.83. The summed E-state index contributed by atoms with van der Waals surface area (Å²) in [7, 11) is 3.23. The Balaban J connectivity index is 1.60. The van der Waals surface area contributed by atoms with E-state index in [1.807, 2.05) is 43.3 Å². The number of hydrogen-bond acceptors (Lipinski definition) is 7. The molecule has 2 heterocycles. The number of nitrogens with zero attached hydrogens (tertiary/aromatic N) is 3. The van der Waals surface area contributed by atoms with Crippen LogP contribution >= 0.6 is 0 Å². The minimum Gasteiger partial charge on any atom is -0.494 e. The summed E-state index contributed by atoms with van der Waals surface area (Å²) in [6.07, 6.45) is 2.96. The standard InChI is InChI=1S/C26H31N3O5/c1-26(31)9-11-29(12-10-26)23(30)16-19-17-27-24-21(7-8-22(33-3)25(24)28-19)18-5-4-6-20(15-18)34-14-13-32-2/h4-8,15,17,31H,9-14,16H2,1-3H3. The molecule has 0 radical (unpaired) electrons. The smallest absolute Gasteiger partial charge is 0.228 e. The van der Waals surface area contributed by atoms with Gasteiger partial charge >= 0.3 is 0 Å². The third-order valence-electron chi connectivity index (χ3n) is 6.16. The highest BCUT2D eigenvalue weighted by Gasteiger charge is 2.29. The summed E-state index contributed by atoms with van der Waals surface area (Å²) < 4.78 is 16.4. The third-order valence-corrected chi connectivity index (χ3v) is 6.16. The molecule has 1 aromatic heterocycles. The van der Waals surface area contributed by atoms with E-state index in [-0.39, 0.29) is 12.3 Å². The fourth-order valence-corrected chi connectivity index (χ4v) is 4.10. The molecule has 8 nitrogen and oxygen atoms in total. The molecule has 1 aliphatic rings. The Kier molecular flexibility index (Phi) is 7.29. The second kappa shape index (κ2) is 10.4. The van der Waals surface area contributed by atoms with Crippen molar-refractivity contribution in [3.05, 3.63) is 48.3 Å². The number of carbonyl (C=O) groups excluding carboxylic acids is 1. The molecule has 180 valence electrons.